The van der Waals surface area contributed by atoms with Gasteiger partial charge in [-0.15, -0.1) is 0 Å². The van der Waals surface area contributed by atoms with Crippen LogP contribution >= 0.6 is 0 Å². The predicted molar refractivity (Wildman–Crippen MR) is 97.5 cm³/mol. The Kier molecular flexibility index (Phi) is 6.49. The van der Waals surface area contributed by atoms with Crippen LogP contribution in [0.5, 0.6) is 0 Å². The van der Waals surface area contributed by atoms with Crippen LogP contribution in [0.25, 0.3) is 0 Å². The van der Waals surface area contributed by atoms with Crippen molar-refractivity contribution in [2.45, 2.75) is 45.1 Å². The van der Waals surface area contributed by atoms with Crippen LogP contribution in [-0.2, 0) is 13.0 Å². The van der Waals surface area contributed by atoms with Crippen LogP contribution in [0.15, 0.2) is 24.3 Å². The predicted octanol–water partition coefficient (Wildman–Crippen LogP) is 2.89. The lowest BCUT2D eigenvalue weighted by molar-refractivity contribution is 0.118. The van der Waals surface area contributed by atoms with Gasteiger partial charge in [-0.25, -0.2) is 0 Å². The Labute approximate surface area is 141 Å². The fourth-order valence-corrected chi connectivity index (χ4v) is 4.26. The van der Waals surface area contributed by atoms with E-state index in [0.29, 0.717) is 0 Å². The second-order valence-electron chi connectivity index (χ2n) is 7.46. The SMILES string of the molecule is NCCc1cccc(CN2CCC[C@H](CN3CCCCC3)C2)c1. The quantitative estimate of drug-likeness (QED) is 0.876. The van der Waals surface area contributed by atoms with Gasteiger partial charge in [0.1, 0.15) is 0 Å². The molecule has 2 aliphatic heterocycles. The monoisotopic (exact) mass is 315 g/mol. The van der Waals surface area contributed by atoms with E-state index in [1.54, 1.807) is 0 Å². The van der Waals surface area contributed by atoms with Gasteiger partial charge in [-0.2, -0.15) is 0 Å². The molecule has 3 rings (SSSR count). The topological polar surface area (TPSA) is 32.5 Å². The van der Waals surface area contributed by atoms with Crippen molar-refractivity contribution in [2.24, 2.45) is 11.7 Å². The minimum atomic E-state index is 0.741. The molecular weight excluding hydrogens is 282 g/mol. The fraction of sp³-hybridized carbons (Fsp3) is 0.700. The number of nitrogens with zero attached hydrogens (tertiary/aromatic N) is 2. The van der Waals surface area contributed by atoms with Crippen LogP contribution in [0.1, 0.15) is 43.2 Å². The summed E-state index contributed by atoms with van der Waals surface area (Å²) < 4.78 is 0. The molecule has 0 aromatic heterocycles. The molecule has 2 aliphatic rings. The Hall–Kier alpha value is -0.900. The largest absolute Gasteiger partial charge is 0.330 e. The summed E-state index contributed by atoms with van der Waals surface area (Å²) in [5, 5.41) is 0. The molecule has 2 fully saturated rings. The summed E-state index contributed by atoms with van der Waals surface area (Å²) in [5.41, 5.74) is 8.52. The van der Waals surface area contributed by atoms with E-state index in [0.717, 1.165) is 25.4 Å². The Morgan fingerprint density at radius 3 is 2.57 bits per heavy atom. The number of rotatable bonds is 6. The zero-order valence-corrected chi connectivity index (χ0v) is 14.6. The van der Waals surface area contributed by atoms with E-state index in [2.05, 4.69) is 34.1 Å². The van der Waals surface area contributed by atoms with E-state index in [9.17, 15) is 0 Å². The molecule has 0 amide bonds. The summed E-state index contributed by atoms with van der Waals surface area (Å²) in [5.74, 6) is 0.870. The number of benzene rings is 1. The van der Waals surface area contributed by atoms with E-state index in [1.807, 2.05) is 0 Å². The fourth-order valence-electron chi connectivity index (χ4n) is 4.26. The molecule has 1 aromatic rings. The second-order valence-corrected chi connectivity index (χ2v) is 7.46. The van der Waals surface area contributed by atoms with Crippen molar-refractivity contribution >= 4 is 0 Å². The van der Waals surface area contributed by atoms with Crippen molar-refractivity contribution in [3.05, 3.63) is 35.4 Å². The third-order valence-corrected chi connectivity index (χ3v) is 5.40. The Bertz CT molecular complexity index is 468. The maximum absolute atomic E-state index is 5.69. The summed E-state index contributed by atoms with van der Waals surface area (Å²) >= 11 is 0. The molecule has 2 heterocycles. The summed E-state index contributed by atoms with van der Waals surface area (Å²) in [6, 6.07) is 9.01. The lowest BCUT2D eigenvalue weighted by Crippen LogP contribution is -2.42. The van der Waals surface area contributed by atoms with Gasteiger partial charge in [-0.1, -0.05) is 30.7 Å². The third-order valence-electron chi connectivity index (χ3n) is 5.40. The Morgan fingerprint density at radius 2 is 1.74 bits per heavy atom. The summed E-state index contributed by atoms with van der Waals surface area (Å²) in [4.78, 5) is 5.37. The number of nitrogens with two attached hydrogens (primary N) is 1. The average molecular weight is 316 g/mol. The van der Waals surface area contributed by atoms with Crippen LogP contribution in [0.3, 0.4) is 0 Å². The number of hydrogen-bond donors (Lipinski definition) is 1. The lowest BCUT2D eigenvalue weighted by Gasteiger charge is -2.37. The molecule has 1 aromatic carbocycles. The Balaban J connectivity index is 1.50. The molecule has 0 bridgehead atoms. The van der Waals surface area contributed by atoms with Gasteiger partial charge in [0.15, 0.2) is 0 Å². The van der Waals surface area contributed by atoms with Gasteiger partial charge in [-0.3, -0.25) is 4.90 Å². The highest BCUT2D eigenvalue weighted by Crippen LogP contribution is 2.21. The van der Waals surface area contributed by atoms with Crippen LogP contribution < -0.4 is 5.73 Å². The molecule has 0 saturated carbocycles. The van der Waals surface area contributed by atoms with Crippen molar-refractivity contribution < 1.29 is 0 Å². The molecule has 0 unspecified atom stereocenters. The molecule has 23 heavy (non-hydrogen) atoms. The molecule has 1 atom stereocenters. The number of likely N-dealkylation sites (tertiary alicyclic amines) is 2. The van der Waals surface area contributed by atoms with E-state index >= 15 is 0 Å². The molecule has 3 nitrogen and oxygen atoms in total. The zero-order chi connectivity index (χ0) is 15.9. The van der Waals surface area contributed by atoms with Gasteiger partial charge >= 0.3 is 0 Å². The van der Waals surface area contributed by atoms with Crippen LogP contribution in [-0.4, -0.2) is 49.1 Å². The van der Waals surface area contributed by atoms with Crippen molar-refractivity contribution in [1.82, 2.24) is 9.80 Å². The van der Waals surface area contributed by atoms with Crippen molar-refractivity contribution in [3.8, 4) is 0 Å². The zero-order valence-electron chi connectivity index (χ0n) is 14.6. The smallest absolute Gasteiger partial charge is 0.0233 e. The number of hydrogen-bond acceptors (Lipinski definition) is 3. The summed E-state index contributed by atoms with van der Waals surface area (Å²) in [7, 11) is 0. The molecule has 2 saturated heterocycles. The van der Waals surface area contributed by atoms with Gasteiger partial charge in [-0.05, 0) is 75.3 Å². The highest BCUT2D eigenvalue weighted by molar-refractivity contribution is 5.23. The van der Waals surface area contributed by atoms with Crippen molar-refractivity contribution in [3.63, 3.8) is 0 Å². The van der Waals surface area contributed by atoms with E-state index < -0.39 is 0 Å². The van der Waals surface area contributed by atoms with Crippen LogP contribution in [0, 0.1) is 5.92 Å². The normalized spacial score (nSPS) is 24.0. The standard InChI is InChI=1S/C20H33N3/c21-10-9-18-6-4-7-19(14-18)15-23-13-5-8-20(17-23)16-22-11-2-1-3-12-22/h4,6-7,14,20H,1-3,5,8-13,15-17,21H2/t20-/m1/s1. The molecule has 3 heteroatoms. The van der Waals surface area contributed by atoms with Crippen molar-refractivity contribution in [1.29, 1.82) is 0 Å². The minimum Gasteiger partial charge on any atom is -0.330 e. The molecule has 2 N–H and O–H groups in total. The molecule has 128 valence electrons. The average Bonchev–Trinajstić information content (AvgIpc) is 2.57. The first-order valence-corrected chi connectivity index (χ1v) is 9.56. The first kappa shape index (κ1) is 16.9. The van der Waals surface area contributed by atoms with E-state index in [4.69, 9.17) is 5.73 Å². The van der Waals surface area contributed by atoms with Crippen LogP contribution in [0.2, 0.25) is 0 Å². The summed E-state index contributed by atoms with van der Waals surface area (Å²) in [6.07, 6.45) is 8.02. The van der Waals surface area contributed by atoms with E-state index in [-0.39, 0.29) is 0 Å². The minimum absolute atomic E-state index is 0.741. The molecular formula is C20H33N3. The van der Waals surface area contributed by atoms with Gasteiger partial charge in [0.2, 0.25) is 0 Å². The second kappa shape index (κ2) is 8.81. The van der Waals surface area contributed by atoms with Crippen molar-refractivity contribution in [2.75, 3.05) is 39.3 Å². The van der Waals surface area contributed by atoms with Gasteiger partial charge in [0, 0.05) is 19.6 Å². The molecule has 0 spiro atoms. The maximum atomic E-state index is 5.69. The molecule has 0 radical (unpaired) electrons. The van der Waals surface area contributed by atoms with Gasteiger partial charge < -0.3 is 10.6 Å². The van der Waals surface area contributed by atoms with Crippen LogP contribution in [0.4, 0.5) is 0 Å². The first-order chi connectivity index (χ1) is 11.3. The van der Waals surface area contributed by atoms with E-state index in [1.165, 1.54) is 76.0 Å². The maximum Gasteiger partial charge on any atom is 0.0233 e. The third kappa shape index (κ3) is 5.30. The highest BCUT2D eigenvalue weighted by atomic mass is 15.2. The highest BCUT2D eigenvalue weighted by Gasteiger charge is 2.22. The lowest BCUT2D eigenvalue weighted by atomic mass is 9.96. The first-order valence-electron chi connectivity index (χ1n) is 9.56. The number of piperidine rings is 2. The molecule has 0 aliphatic carbocycles. The summed E-state index contributed by atoms with van der Waals surface area (Å²) in [6.45, 7) is 8.37. The van der Waals surface area contributed by atoms with Gasteiger partial charge in [0.05, 0.1) is 0 Å². The van der Waals surface area contributed by atoms with Gasteiger partial charge in [0.25, 0.3) is 0 Å². The Morgan fingerprint density at radius 1 is 0.957 bits per heavy atom.